The lowest BCUT2D eigenvalue weighted by atomic mass is 10.0. The van der Waals surface area contributed by atoms with Crippen molar-refractivity contribution < 1.29 is 23.1 Å². The van der Waals surface area contributed by atoms with Crippen molar-refractivity contribution in [1.82, 2.24) is 15.3 Å². The Kier molecular flexibility index (Phi) is 6.62. The number of amides is 1. The van der Waals surface area contributed by atoms with Gasteiger partial charge in [-0.25, -0.2) is 0 Å². The number of rotatable bonds is 3. The van der Waals surface area contributed by atoms with Crippen LogP contribution in [0.25, 0.3) is 11.3 Å². The number of nitrogens with two attached hydrogens (primary N) is 1. The van der Waals surface area contributed by atoms with Gasteiger partial charge in [0.05, 0.1) is 11.3 Å². The molecule has 0 aliphatic carbocycles. The Labute approximate surface area is 181 Å². The summed E-state index contributed by atoms with van der Waals surface area (Å²) in [6.45, 7) is 2.92. The first kappa shape index (κ1) is 22.6. The molecule has 1 aliphatic rings. The fourth-order valence-electron chi connectivity index (χ4n) is 3.06. The summed E-state index contributed by atoms with van der Waals surface area (Å²) in [4.78, 5) is 19.7. The molecule has 10 heteroatoms. The Bertz CT molecular complexity index is 1150. The quantitative estimate of drug-likeness (QED) is 0.214. The van der Waals surface area contributed by atoms with Crippen molar-refractivity contribution >= 4 is 11.6 Å². The van der Waals surface area contributed by atoms with E-state index in [4.69, 9.17) is 10.9 Å². The number of aromatic amines is 1. The standard InChI is InChI=1S/C19H17N5O.C3H3F3O/c20-24-18(12-4-2-1-3-5-12)17-10-13(6-8-21-17)16-11-14-15(23-16)7-9-22-19(14)25;1-2(7)3(4,5)6/h1-6,8,10-11,23H,7,9,20H2,(H,22,25);7H,1H2/b24-18-;. The molecule has 5 N–H and O–H groups in total. The van der Waals surface area contributed by atoms with Gasteiger partial charge in [0, 0.05) is 41.7 Å². The van der Waals surface area contributed by atoms with Crippen LogP contribution >= 0.6 is 0 Å². The normalized spacial score (nSPS) is 13.5. The van der Waals surface area contributed by atoms with Crippen LogP contribution in [0.3, 0.4) is 0 Å². The molecule has 0 spiro atoms. The van der Waals surface area contributed by atoms with Crippen LogP contribution in [0.4, 0.5) is 13.2 Å². The van der Waals surface area contributed by atoms with Crippen molar-refractivity contribution in [2.75, 3.05) is 6.54 Å². The number of nitrogens with one attached hydrogen (secondary N) is 2. The lowest BCUT2D eigenvalue weighted by Crippen LogP contribution is -2.31. The molecule has 3 aromatic rings. The van der Waals surface area contributed by atoms with Crippen molar-refractivity contribution in [2.45, 2.75) is 12.6 Å². The van der Waals surface area contributed by atoms with Crippen molar-refractivity contribution in [2.24, 2.45) is 10.9 Å². The van der Waals surface area contributed by atoms with Crippen LogP contribution in [0.15, 0.2) is 72.2 Å². The van der Waals surface area contributed by atoms with Crippen molar-refractivity contribution in [3.63, 3.8) is 0 Å². The molecule has 0 saturated carbocycles. The van der Waals surface area contributed by atoms with E-state index < -0.39 is 11.9 Å². The van der Waals surface area contributed by atoms with E-state index >= 15 is 0 Å². The molecule has 3 heterocycles. The Morgan fingerprint density at radius 2 is 1.88 bits per heavy atom. The number of hydrogen-bond acceptors (Lipinski definition) is 5. The van der Waals surface area contributed by atoms with E-state index in [1.165, 1.54) is 0 Å². The maximum absolute atomic E-state index is 12.0. The third-order valence-corrected chi connectivity index (χ3v) is 4.62. The van der Waals surface area contributed by atoms with Gasteiger partial charge in [-0.1, -0.05) is 36.9 Å². The molecule has 0 atom stereocenters. The van der Waals surface area contributed by atoms with Crippen LogP contribution in [0.1, 0.15) is 27.3 Å². The number of benzene rings is 1. The molecule has 4 rings (SSSR count). The molecule has 0 fully saturated rings. The summed E-state index contributed by atoms with van der Waals surface area (Å²) in [6.07, 6.45) is -2.11. The van der Waals surface area contributed by atoms with Crippen LogP contribution in [0.2, 0.25) is 0 Å². The number of halogens is 3. The van der Waals surface area contributed by atoms with Gasteiger partial charge in [0.25, 0.3) is 5.91 Å². The van der Waals surface area contributed by atoms with E-state index in [0.717, 1.165) is 28.9 Å². The minimum atomic E-state index is -4.64. The van der Waals surface area contributed by atoms with E-state index in [2.05, 4.69) is 27.0 Å². The fraction of sp³-hybridized carbons (Fsp3) is 0.136. The van der Waals surface area contributed by atoms with Gasteiger partial charge in [0.15, 0.2) is 5.76 Å². The molecule has 0 radical (unpaired) electrons. The van der Waals surface area contributed by atoms with Gasteiger partial charge in [-0.05, 0) is 18.2 Å². The zero-order chi connectivity index (χ0) is 23.3. The van der Waals surface area contributed by atoms with Gasteiger partial charge in [0.1, 0.15) is 5.71 Å². The molecule has 1 aromatic carbocycles. The van der Waals surface area contributed by atoms with E-state index in [1.807, 2.05) is 48.5 Å². The van der Waals surface area contributed by atoms with Gasteiger partial charge in [-0.2, -0.15) is 18.3 Å². The summed E-state index contributed by atoms with van der Waals surface area (Å²) < 4.78 is 32.5. The van der Waals surface area contributed by atoms with E-state index in [9.17, 15) is 18.0 Å². The first-order valence-electron chi connectivity index (χ1n) is 9.46. The van der Waals surface area contributed by atoms with E-state index in [0.29, 0.717) is 23.5 Å². The van der Waals surface area contributed by atoms with Gasteiger partial charge in [-0.15, -0.1) is 0 Å². The highest BCUT2D eigenvalue weighted by atomic mass is 19.4. The number of allylic oxidation sites excluding steroid dienone is 1. The van der Waals surface area contributed by atoms with Crippen molar-refractivity contribution in [3.8, 4) is 11.3 Å². The summed E-state index contributed by atoms with van der Waals surface area (Å²) in [6, 6.07) is 15.4. The monoisotopic (exact) mass is 443 g/mol. The highest BCUT2D eigenvalue weighted by Crippen LogP contribution is 2.25. The average Bonchev–Trinajstić information content (AvgIpc) is 3.21. The fourth-order valence-corrected chi connectivity index (χ4v) is 3.06. The molecular weight excluding hydrogens is 423 g/mol. The number of nitrogens with zero attached hydrogens (tertiary/aromatic N) is 2. The summed E-state index contributed by atoms with van der Waals surface area (Å²) in [5, 5.41) is 14.3. The molecule has 166 valence electrons. The number of hydrazone groups is 1. The highest BCUT2D eigenvalue weighted by molar-refractivity contribution is 6.12. The molecule has 32 heavy (non-hydrogen) atoms. The van der Waals surface area contributed by atoms with E-state index in [-0.39, 0.29) is 5.91 Å². The van der Waals surface area contributed by atoms with Gasteiger partial charge >= 0.3 is 6.18 Å². The Balaban J connectivity index is 0.000000360. The largest absolute Gasteiger partial charge is 0.505 e. The van der Waals surface area contributed by atoms with Crippen LogP contribution in [0, 0.1) is 0 Å². The number of carbonyl (C=O) groups is 1. The van der Waals surface area contributed by atoms with Crippen LogP contribution in [-0.4, -0.2) is 39.4 Å². The number of pyridine rings is 1. The predicted molar refractivity (Wildman–Crippen MR) is 114 cm³/mol. The highest BCUT2D eigenvalue weighted by Gasteiger charge is 2.31. The smallest absolute Gasteiger partial charge is 0.448 e. The van der Waals surface area contributed by atoms with Crippen molar-refractivity contribution in [3.05, 3.63) is 89.6 Å². The predicted octanol–water partition coefficient (Wildman–Crippen LogP) is 3.69. The maximum Gasteiger partial charge on any atom is 0.448 e. The third kappa shape index (κ3) is 5.15. The summed E-state index contributed by atoms with van der Waals surface area (Å²) in [5.41, 5.74) is 5.70. The second-order valence-corrected chi connectivity index (χ2v) is 6.80. The zero-order valence-electron chi connectivity index (χ0n) is 16.8. The van der Waals surface area contributed by atoms with Gasteiger partial charge in [-0.3, -0.25) is 9.78 Å². The molecule has 0 saturated heterocycles. The molecule has 1 aliphatic heterocycles. The maximum atomic E-state index is 12.0. The van der Waals surface area contributed by atoms with Crippen LogP contribution < -0.4 is 11.2 Å². The second-order valence-electron chi connectivity index (χ2n) is 6.80. The topological polar surface area (TPSA) is 116 Å². The lowest BCUT2D eigenvalue weighted by Gasteiger charge is -2.11. The minimum absolute atomic E-state index is 0.0356. The first-order valence-corrected chi connectivity index (χ1v) is 9.46. The first-order chi connectivity index (χ1) is 15.2. The summed E-state index contributed by atoms with van der Waals surface area (Å²) in [7, 11) is 0. The lowest BCUT2D eigenvalue weighted by molar-refractivity contribution is -0.119. The van der Waals surface area contributed by atoms with Crippen LogP contribution in [-0.2, 0) is 6.42 Å². The Hall–Kier alpha value is -4.08. The second kappa shape index (κ2) is 9.38. The summed E-state index contributed by atoms with van der Waals surface area (Å²) >= 11 is 0. The summed E-state index contributed by atoms with van der Waals surface area (Å²) in [5.74, 6) is 3.82. The third-order valence-electron chi connectivity index (χ3n) is 4.62. The number of hydrogen-bond donors (Lipinski definition) is 4. The average molecular weight is 443 g/mol. The zero-order valence-corrected chi connectivity index (χ0v) is 16.8. The van der Waals surface area contributed by atoms with Gasteiger partial charge in [0.2, 0.25) is 0 Å². The number of carbonyl (C=O) groups excluding carboxylic acids is 1. The molecule has 0 bridgehead atoms. The Morgan fingerprint density at radius 1 is 1.19 bits per heavy atom. The molecule has 7 nitrogen and oxygen atoms in total. The van der Waals surface area contributed by atoms with Gasteiger partial charge < -0.3 is 21.2 Å². The van der Waals surface area contributed by atoms with Crippen molar-refractivity contribution in [1.29, 1.82) is 0 Å². The number of aliphatic hydroxyl groups excluding tert-OH is 1. The molecule has 0 unspecified atom stereocenters. The molecular formula is C22H20F3N5O2. The SMILES string of the molecule is C=C(O)C(F)(F)F.N/N=C(/c1ccccc1)c1cc(-c2cc3c([nH]2)CCNC3=O)ccn1. The number of aromatic nitrogens is 2. The van der Waals surface area contributed by atoms with Crippen LogP contribution in [0.5, 0.6) is 0 Å². The van der Waals surface area contributed by atoms with E-state index in [1.54, 1.807) is 6.20 Å². The number of alkyl halides is 3. The number of fused-ring (bicyclic) bond motifs is 1. The minimum Gasteiger partial charge on any atom is -0.505 e. The number of aliphatic hydroxyl groups is 1. The number of H-pyrrole nitrogens is 1. The molecule has 2 aromatic heterocycles. The Morgan fingerprint density at radius 3 is 2.47 bits per heavy atom. The molecule has 1 amide bonds.